The van der Waals surface area contributed by atoms with Crippen LogP contribution in [0, 0.1) is 0 Å². The fraction of sp³-hybridized carbons (Fsp3) is 0.154. The quantitative estimate of drug-likeness (QED) is 0.879. The number of aromatic nitrogens is 2. The van der Waals surface area contributed by atoms with Crippen LogP contribution in [0.25, 0.3) is 0 Å². The van der Waals surface area contributed by atoms with E-state index in [1.165, 1.54) is 17.3 Å². The van der Waals surface area contributed by atoms with Gasteiger partial charge in [0.15, 0.2) is 0 Å². The van der Waals surface area contributed by atoms with Gasteiger partial charge in [0.1, 0.15) is 0 Å². The van der Waals surface area contributed by atoms with Crippen molar-refractivity contribution >= 4 is 27.6 Å². The van der Waals surface area contributed by atoms with E-state index < -0.39 is 0 Å². The third-order valence-corrected chi connectivity index (χ3v) is 3.51. The average Bonchev–Trinajstić information content (AvgIpc) is 2.83. The van der Waals surface area contributed by atoms with E-state index in [-0.39, 0.29) is 6.03 Å². The van der Waals surface area contributed by atoms with Crippen LogP contribution in [-0.4, -0.2) is 21.1 Å². The molecular formula is C13H11BrN4O. The van der Waals surface area contributed by atoms with Gasteiger partial charge in [-0.1, -0.05) is 22.0 Å². The van der Waals surface area contributed by atoms with Gasteiger partial charge >= 0.3 is 6.03 Å². The second kappa shape index (κ2) is 4.97. The Hall–Kier alpha value is -1.95. The van der Waals surface area contributed by atoms with E-state index in [0.717, 1.165) is 4.47 Å². The van der Waals surface area contributed by atoms with Crippen molar-refractivity contribution in [2.75, 3.05) is 5.32 Å². The number of nitrogens with zero attached hydrogens (tertiary/aromatic N) is 3. The molecule has 96 valence electrons. The molecule has 1 aliphatic rings. The van der Waals surface area contributed by atoms with E-state index in [9.17, 15) is 4.79 Å². The molecule has 1 N–H and O–H groups in total. The highest BCUT2D eigenvalue weighted by atomic mass is 79.9. The highest BCUT2D eigenvalue weighted by Gasteiger charge is 2.23. The third kappa shape index (κ3) is 2.58. The van der Waals surface area contributed by atoms with Crippen LogP contribution in [0.4, 0.5) is 10.5 Å². The number of carbonyl (C=O) groups excluding carboxylic acids is 1. The summed E-state index contributed by atoms with van der Waals surface area (Å²) in [5.41, 5.74) is 3.01. The molecule has 0 aliphatic carbocycles. The zero-order chi connectivity index (χ0) is 13.2. The second-order valence-corrected chi connectivity index (χ2v) is 5.25. The van der Waals surface area contributed by atoms with Gasteiger partial charge in [-0.2, -0.15) is 10.2 Å². The molecule has 1 aromatic carbocycles. The molecule has 2 aromatic rings. The number of urea groups is 1. The maximum Gasteiger partial charge on any atom is 0.322 e. The highest BCUT2D eigenvalue weighted by molar-refractivity contribution is 9.10. The van der Waals surface area contributed by atoms with Crippen molar-refractivity contribution in [2.24, 2.45) is 0 Å². The van der Waals surface area contributed by atoms with Gasteiger partial charge in [0.2, 0.25) is 0 Å². The molecule has 0 saturated heterocycles. The van der Waals surface area contributed by atoms with E-state index in [0.29, 0.717) is 18.8 Å². The number of fused-ring (bicyclic) bond motifs is 1. The summed E-state index contributed by atoms with van der Waals surface area (Å²) < 4.78 is 1.03. The zero-order valence-corrected chi connectivity index (χ0v) is 11.6. The molecule has 0 radical (unpaired) electrons. The highest BCUT2D eigenvalue weighted by Crippen LogP contribution is 2.26. The van der Waals surface area contributed by atoms with Crippen LogP contribution in [-0.2, 0) is 13.1 Å². The van der Waals surface area contributed by atoms with Crippen molar-refractivity contribution in [3.8, 4) is 0 Å². The Morgan fingerprint density at radius 1 is 1.21 bits per heavy atom. The standard InChI is InChI=1S/C13H11BrN4O/c14-11-2-1-9-7-18(8-10(9)5-11)13(19)17-12-3-4-15-16-6-12/h1-6H,7-8H2,(H,15,17,19). The average molecular weight is 319 g/mol. The largest absolute Gasteiger partial charge is 0.322 e. The molecule has 6 heteroatoms. The Labute approximate surface area is 118 Å². The van der Waals surface area contributed by atoms with Crippen molar-refractivity contribution in [1.82, 2.24) is 15.1 Å². The lowest BCUT2D eigenvalue weighted by Gasteiger charge is -2.15. The van der Waals surface area contributed by atoms with Gasteiger partial charge in [0.25, 0.3) is 0 Å². The molecule has 0 unspecified atom stereocenters. The van der Waals surface area contributed by atoms with Crippen molar-refractivity contribution < 1.29 is 4.79 Å². The summed E-state index contributed by atoms with van der Waals surface area (Å²) in [4.78, 5) is 13.9. The van der Waals surface area contributed by atoms with E-state index in [4.69, 9.17) is 0 Å². The van der Waals surface area contributed by atoms with Crippen LogP contribution >= 0.6 is 15.9 Å². The minimum absolute atomic E-state index is 0.125. The Bertz CT molecular complexity index is 617. The monoisotopic (exact) mass is 318 g/mol. The van der Waals surface area contributed by atoms with Crippen molar-refractivity contribution in [3.05, 3.63) is 52.3 Å². The van der Waals surface area contributed by atoms with Gasteiger partial charge in [0.05, 0.1) is 18.1 Å². The molecule has 1 aromatic heterocycles. The van der Waals surface area contributed by atoms with Gasteiger partial charge in [-0.25, -0.2) is 4.79 Å². The molecule has 2 heterocycles. The lowest BCUT2D eigenvalue weighted by atomic mass is 10.1. The summed E-state index contributed by atoms with van der Waals surface area (Å²) >= 11 is 3.44. The van der Waals surface area contributed by atoms with Crippen LogP contribution in [0.15, 0.2) is 41.1 Å². The van der Waals surface area contributed by atoms with E-state index in [1.807, 2.05) is 12.1 Å². The molecular weight excluding hydrogens is 308 g/mol. The summed E-state index contributed by atoms with van der Waals surface area (Å²) in [6.07, 6.45) is 3.07. The minimum atomic E-state index is -0.125. The smallest absolute Gasteiger partial charge is 0.316 e. The first-order chi connectivity index (χ1) is 9.22. The molecule has 5 nitrogen and oxygen atoms in total. The maximum absolute atomic E-state index is 12.1. The number of anilines is 1. The summed E-state index contributed by atoms with van der Waals surface area (Å²) in [5, 5.41) is 10.2. The predicted molar refractivity (Wildman–Crippen MR) is 74.4 cm³/mol. The van der Waals surface area contributed by atoms with Gasteiger partial charge in [-0.3, -0.25) is 0 Å². The molecule has 19 heavy (non-hydrogen) atoms. The van der Waals surface area contributed by atoms with E-state index >= 15 is 0 Å². The predicted octanol–water partition coefficient (Wildman–Crippen LogP) is 2.79. The maximum atomic E-state index is 12.1. The number of halogens is 1. The number of rotatable bonds is 1. The number of nitrogens with one attached hydrogen (secondary N) is 1. The zero-order valence-electron chi connectivity index (χ0n) is 10.0. The Kier molecular flexibility index (Phi) is 3.16. The third-order valence-electron chi connectivity index (χ3n) is 3.01. The van der Waals surface area contributed by atoms with Crippen molar-refractivity contribution in [3.63, 3.8) is 0 Å². The lowest BCUT2D eigenvalue weighted by molar-refractivity contribution is 0.212. The first kappa shape index (κ1) is 12.1. The van der Waals surface area contributed by atoms with Gasteiger partial charge in [0, 0.05) is 17.6 Å². The number of amides is 2. The van der Waals surface area contributed by atoms with Gasteiger partial charge in [-0.05, 0) is 29.3 Å². The van der Waals surface area contributed by atoms with Crippen LogP contribution < -0.4 is 5.32 Å². The SMILES string of the molecule is O=C(Nc1ccnnc1)N1Cc2ccc(Br)cc2C1. The van der Waals surface area contributed by atoms with Crippen LogP contribution in [0.1, 0.15) is 11.1 Å². The van der Waals surface area contributed by atoms with Crippen LogP contribution in [0.3, 0.4) is 0 Å². The molecule has 2 amide bonds. The molecule has 1 aliphatic heterocycles. The molecule has 3 rings (SSSR count). The molecule has 0 fully saturated rings. The summed E-state index contributed by atoms with van der Waals surface area (Å²) in [6, 6.07) is 7.68. The summed E-state index contributed by atoms with van der Waals surface area (Å²) in [5.74, 6) is 0. The Morgan fingerprint density at radius 2 is 2.05 bits per heavy atom. The van der Waals surface area contributed by atoms with Crippen molar-refractivity contribution in [2.45, 2.75) is 13.1 Å². The normalized spacial score (nSPS) is 13.2. The molecule has 0 saturated carbocycles. The minimum Gasteiger partial charge on any atom is -0.316 e. The lowest BCUT2D eigenvalue weighted by Crippen LogP contribution is -2.30. The molecule has 0 atom stereocenters. The van der Waals surface area contributed by atoms with E-state index in [2.05, 4.69) is 37.5 Å². The fourth-order valence-corrected chi connectivity index (χ4v) is 2.48. The fourth-order valence-electron chi connectivity index (χ4n) is 2.07. The first-order valence-corrected chi connectivity index (χ1v) is 6.61. The number of hydrogen-bond acceptors (Lipinski definition) is 3. The number of carbonyl (C=O) groups is 1. The number of hydrogen-bond donors (Lipinski definition) is 1. The van der Waals surface area contributed by atoms with Gasteiger partial charge < -0.3 is 10.2 Å². The summed E-state index contributed by atoms with van der Waals surface area (Å²) in [6.45, 7) is 1.26. The van der Waals surface area contributed by atoms with Crippen LogP contribution in [0.2, 0.25) is 0 Å². The second-order valence-electron chi connectivity index (χ2n) is 4.33. The first-order valence-electron chi connectivity index (χ1n) is 5.82. The Balaban J connectivity index is 1.71. The Morgan fingerprint density at radius 3 is 2.84 bits per heavy atom. The molecule has 0 spiro atoms. The molecule has 0 bridgehead atoms. The van der Waals surface area contributed by atoms with Crippen molar-refractivity contribution in [1.29, 1.82) is 0 Å². The van der Waals surface area contributed by atoms with Crippen LogP contribution in [0.5, 0.6) is 0 Å². The van der Waals surface area contributed by atoms with E-state index in [1.54, 1.807) is 17.2 Å². The van der Waals surface area contributed by atoms with Gasteiger partial charge in [-0.15, -0.1) is 0 Å². The summed E-state index contributed by atoms with van der Waals surface area (Å²) in [7, 11) is 0. The topological polar surface area (TPSA) is 58.1 Å². The number of benzene rings is 1.